The molecule has 2 nitrogen and oxygen atoms in total. The van der Waals surface area contributed by atoms with Gasteiger partial charge in [0.05, 0.1) is 5.56 Å². The van der Waals surface area contributed by atoms with Crippen molar-refractivity contribution in [1.82, 2.24) is 0 Å². The second-order valence-corrected chi connectivity index (χ2v) is 5.59. The van der Waals surface area contributed by atoms with Gasteiger partial charge in [-0.3, -0.25) is 0 Å². The molecule has 0 bridgehead atoms. The van der Waals surface area contributed by atoms with E-state index in [4.69, 9.17) is 0 Å². The molecule has 0 fully saturated rings. The van der Waals surface area contributed by atoms with Crippen molar-refractivity contribution >= 4 is 5.57 Å². The lowest BCUT2D eigenvalue weighted by Crippen LogP contribution is -1.91. The number of aryl methyl sites for hydroxylation is 2. The van der Waals surface area contributed by atoms with E-state index < -0.39 is 0 Å². The van der Waals surface area contributed by atoms with E-state index in [-0.39, 0.29) is 11.5 Å². The van der Waals surface area contributed by atoms with Crippen LogP contribution in [0.5, 0.6) is 11.5 Å². The fourth-order valence-corrected chi connectivity index (χ4v) is 2.61. The van der Waals surface area contributed by atoms with Gasteiger partial charge in [0, 0.05) is 0 Å². The number of benzene rings is 2. The third-order valence-corrected chi connectivity index (χ3v) is 3.60. The molecule has 0 amide bonds. The van der Waals surface area contributed by atoms with Gasteiger partial charge in [0.2, 0.25) is 0 Å². The molecule has 2 rings (SSSR count). The van der Waals surface area contributed by atoms with Gasteiger partial charge in [0.1, 0.15) is 11.5 Å². The predicted molar refractivity (Wildman–Crippen MR) is 88.6 cm³/mol. The van der Waals surface area contributed by atoms with Gasteiger partial charge < -0.3 is 10.2 Å². The maximum absolute atomic E-state index is 10.4. The number of hydrogen-bond acceptors (Lipinski definition) is 2. The van der Waals surface area contributed by atoms with Crippen LogP contribution in [0.1, 0.15) is 37.0 Å². The lowest BCUT2D eigenvalue weighted by molar-refractivity contribution is 0.453. The normalized spacial score (nSPS) is 10.6. The minimum Gasteiger partial charge on any atom is -0.507 e. The molecule has 2 heteroatoms. The Morgan fingerprint density at radius 3 is 2.24 bits per heavy atom. The lowest BCUT2D eigenvalue weighted by atomic mass is 9.92. The maximum Gasteiger partial charge on any atom is 0.127 e. The highest BCUT2D eigenvalue weighted by Crippen LogP contribution is 2.41. The maximum atomic E-state index is 10.4. The number of rotatable bonds is 4. The van der Waals surface area contributed by atoms with Crippen molar-refractivity contribution in [2.75, 3.05) is 0 Å². The van der Waals surface area contributed by atoms with Crippen LogP contribution in [0.15, 0.2) is 36.9 Å². The molecule has 21 heavy (non-hydrogen) atoms. The molecule has 0 radical (unpaired) electrons. The smallest absolute Gasteiger partial charge is 0.127 e. The molecule has 0 spiro atoms. The van der Waals surface area contributed by atoms with Gasteiger partial charge in [-0.25, -0.2) is 0 Å². The fraction of sp³-hybridized carbons (Fsp3) is 0.263. The number of allylic oxidation sites excluding steroid dienone is 1. The van der Waals surface area contributed by atoms with Crippen LogP contribution in [0.2, 0.25) is 0 Å². The third kappa shape index (κ3) is 3.10. The molecule has 2 N–H and O–H groups in total. The first kappa shape index (κ1) is 15.2. The summed E-state index contributed by atoms with van der Waals surface area (Å²) in [5, 5.41) is 20.7. The predicted octanol–water partition coefficient (Wildman–Crippen LogP) is 5.06. The standard InChI is InChI=1S/C19H22O2/c1-5-6-14-10-17(20)19(18(21)11-14)16-9-13(4)7-8-15(16)12(2)3/h7-11,20-21H,2,5-6H2,1,3-4H3. The molecule has 0 atom stereocenters. The Labute approximate surface area is 126 Å². The summed E-state index contributed by atoms with van der Waals surface area (Å²) < 4.78 is 0. The quantitative estimate of drug-likeness (QED) is 0.823. The molecule has 0 unspecified atom stereocenters. The Bertz CT molecular complexity index is 661. The van der Waals surface area contributed by atoms with Crippen LogP contribution in [0.25, 0.3) is 16.7 Å². The Hall–Kier alpha value is -2.22. The van der Waals surface area contributed by atoms with Gasteiger partial charge in [0.25, 0.3) is 0 Å². The van der Waals surface area contributed by atoms with Crippen LogP contribution in [0, 0.1) is 6.92 Å². The average molecular weight is 282 g/mol. The van der Waals surface area contributed by atoms with Crippen LogP contribution in [0.3, 0.4) is 0 Å². The molecule has 0 aliphatic carbocycles. The molecule has 0 aliphatic rings. The summed E-state index contributed by atoms with van der Waals surface area (Å²) in [6.07, 6.45) is 1.81. The van der Waals surface area contributed by atoms with Gasteiger partial charge in [-0.1, -0.05) is 49.3 Å². The molecule has 110 valence electrons. The van der Waals surface area contributed by atoms with Crippen molar-refractivity contribution in [2.24, 2.45) is 0 Å². The summed E-state index contributed by atoms with van der Waals surface area (Å²) in [5.74, 6) is 0.234. The molecule has 0 saturated heterocycles. The zero-order valence-electron chi connectivity index (χ0n) is 12.9. The van der Waals surface area contributed by atoms with E-state index >= 15 is 0 Å². The molecular weight excluding hydrogens is 260 g/mol. The first-order valence-electron chi connectivity index (χ1n) is 7.25. The summed E-state index contributed by atoms with van der Waals surface area (Å²) in [6, 6.07) is 9.43. The fourth-order valence-electron chi connectivity index (χ4n) is 2.61. The first-order chi connectivity index (χ1) is 9.93. The molecular formula is C19H22O2. The lowest BCUT2D eigenvalue weighted by Gasteiger charge is -2.15. The Balaban J connectivity index is 2.67. The zero-order chi connectivity index (χ0) is 15.6. The third-order valence-electron chi connectivity index (χ3n) is 3.60. The highest BCUT2D eigenvalue weighted by atomic mass is 16.3. The average Bonchev–Trinajstić information content (AvgIpc) is 2.38. The Morgan fingerprint density at radius 1 is 1.10 bits per heavy atom. The van der Waals surface area contributed by atoms with Crippen molar-refractivity contribution in [3.8, 4) is 22.6 Å². The number of aromatic hydroxyl groups is 2. The van der Waals surface area contributed by atoms with Crippen LogP contribution < -0.4 is 0 Å². The SMILES string of the molecule is C=C(C)c1ccc(C)cc1-c1c(O)cc(CCC)cc1O. The Kier molecular flexibility index (Phi) is 4.37. The van der Waals surface area contributed by atoms with Crippen molar-refractivity contribution in [2.45, 2.75) is 33.6 Å². The Morgan fingerprint density at radius 2 is 1.71 bits per heavy atom. The first-order valence-corrected chi connectivity index (χ1v) is 7.25. The van der Waals surface area contributed by atoms with Crippen molar-refractivity contribution in [3.05, 3.63) is 53.6 Å². The van der Waals surface area contributed by atoms with E-state index in [1.54, 1.807) is 12.1 Å². The van der Waals surface area contributed by atoms with E-state index in [1.165, 1.54) is 0 Å². The van der Waals surface area contributed by atoms with Crippen LogP contribution in [0.4, 0.5) is 0 Å². The number of phenolic OH excluding ortho intramolecular Hbond substituents is 2. The summed E-state index contributed by atoms with van der Waals surface area (Å²) in [6.45, 7) is 9.97. The van der Waals surface area contributed by atoms with Crippen molar-refractivity contribution in [3.63, 3.8) is 0 Å². The van der Waals surface area contributed by atoms with Gasteiger partial charge in [-0.05, 0) is 49.1 Å². The minimum absolute atomic E-state index is 0.117. The summed E-state index contributed by atoms with van der Waals surface area (Å²) in [5.41, 5.74) is 5.17. The van der Waals surface area contributed by atoms with Crippen LogP contribution in [-0.2, 0) is 6.42 Å². The van der Waals surface area contributed by atoms with Crippen LogP contribution in [-0.4, -0.2) is 10.2 Å². The summed E-state index contributed by atoms with van der Waals surface area (Å²) in [4.78, 5) is 0. The molecule has 0 aliphatic heterocycles. The van der Waals surface area contributed by atoms with Crippen LogP contribution >= 0.6 is 0 Å². The van der Waals surface area contributed by atoms with Gasteiger partial charge in [0.15, 0.2) is 0 Å². The molecule has 0 aromatic heterocycles. The molecule has 2 aromatic rings. The summed E-state index contributed by atoms with van der Waals surface area (Å²) >= 11 is 0. The van der Waals surface area contributed by atoms with Crippen molar-refractivity contribution in [1.29, 1.82) is 0 Å². The zero-order valence-corrected chi connectivity index (χ0v) is 12.9. The molecule has 2 aromatic carbocycles. The van der Waals surface area contributed by atoms with E-state index in [1.807, 2.05) is 32.0 Å². The largest absolute Gasteiger partial charge is 0.507 e. The summed E-state index contributed by atoms with van der Waals surface area (Å²) in [7, 11) is 0. The van der Waals surface area contributed by atoms with Gasteiger partial charge in [-0.15, -0.1) is 0 Å². The minimum atomic E-state index is 0.117. The second kappa shape index (κ2) is 6.04. The number of phenols is 2. The second-order valence-electron chi connectivity index (χ2n) is 5.59. The van der Waals surface area contributed by atoms with E-state index in [0.717, 1.165) is 40.7 Å². The van der Waals surface area contributed by atoms with E-state index in [2.05, 4.69) is 13.5 Å². The van der Waals surface area contributed by atoms with E-state index in [0.29, 0.717) is 5.56 Å². The van der Waals surface area contributed by atoms with Gasteiger partial charge >= 0.3 is 0 Å². The molecule has 0 heterocycles. The monoisotopic (exact) mass is 282 g/mol. The van der Waals surface area contributed by atoms with Crippen molar-refractivity contribution < 1.29 is 10.2 Å². The number of hydrogen-bond donors (Lipinski definition) is 2. The van der Waals surface area contributed by atoms with Gasteiger partial charge in [-0.2, -0.15) is 0 Å². The highest BCUT2D eigenvalue weighted by Gasteiger charge is 2.16. The van der Waals surface area contributed by atoms with E-state index in [9.17, 15) is 10.2 Å². The highest BCUT2D eigenvalue weighted by molar-refractivity contribution is 5.86. The topological polar surface area (TPSA) is 40.5 Å². The molecule has 0 saturated carbocycles.